The lowest BCUT2D eigenvalue weighted by Gasteiger charge is -2.41. The van der Waals surface area contributed by atoms with Crippen molar-refractivity contribution in [1.82, 2.24) is 4.90 Å². The van der Waals surface area contributed by atoms with Crippen molar-refractivity contribution in [2.24, 2.45) is 17.6 Å². The standard InChI is InChI=1S/C17H34N2/c1-3-6-14-9-11-16(12-10-14)19(4-2)17-8-5-7-15(17)13-18/h14-17H,3-13,18H2,1-2H3. The molecule has 2 rings (SSSR count). The summed E-state index contributed by atoms with van der Waals surface area (Å²) in [5.74, 6) is 1.79. The number of hydrogen-bond acceptors (Lipinski definition) is 2. The zero-order valence-corrected chi connectivity index (χ0v) is 13.1. The van der Waals surface area contributed by atoms with Crippen molar-refractivity contribution in [2.75, 3.05) is 13.1 Å². The lowest BCUT2D eigenvalue weighted by atomic mass is 9.82. The number of rotatable bonds is 6. The van der Waals surface area contributed by atoms with Gasteiger partial charge < -0.3 is 5.73 Å². The summed E-state index contributed by atoms with van der Waals surface area (Å²) >= 11 is 0. The predicted molar refractivity (Wildman–Crippen MR) is 83.2 cm³/mol. The van der Waals surface area contributed by atoms with Crippen molar-refractivity contribution in [3.8, 4) is 0 Å². The van der Waals surface area contributed by atoms with Gasteiger partial charge in [0.2, 0.25) is 0 Å². The summed E-state index contributed by atoms with van der Waals surface area (Å²) in [5.41, 5.74) is 5.98. The van der Waals surface area contributed by atoms with E-state index in [2.05, 4.69) is 18.7 Å². The lowest BCUT2D eigenvalue weighted by Crippen LogP contribution is -2.47. The minimum Gasteiger partial charge on any atom is -0.330 e. The quantitative estimate of drug-likeness (QED) is 0.792. The van der Waals surface area contributed by atoms with Crippen LogP contribution in [0, 0.1) is 11.8 Å². The van der Waals surface area contributed by atoms with Gasteiger partial charge in [-0.1, -0.05) is 33.1 Å². The Morgan fingerprint density at radius 2 is 1.74 bits per heavy atom. The molecule has 0 aromatic rings. The number of hydrogen-bond donors (Lipinski definition) is 1. The summed E-state index contributed by atoms with van der Waals surface area (Å²) < 4.78 is 0. The van der Waals surface area contributed by atoms with Gasteiger partial charge in [-0.25, -0.2) is 0 Å². The molecule has 2 aliphatic carbocycles. The van der Waals surface area contributed by atoms with Gasteiger partial charge in [-0.15, -0.1) is 0 Å². The first kappa shape index (κ1) is 15.3. The second kappa shape index (κ2) is 7.64. The molecule has 2 unspecified atom stereocenters. The van der Waals surface area contributed by atoms with Crippen LogP contribution in [0.4, 0.5) is 0 Å². The fourth-order valence-electron chi connectivity index (χ4n) is 4.67. The topological polar surface area (TPSA) is 29.3 Å². The monoisotopic (exact) mass is 266 g/mol. The Hall–Kier alpha value is -0.0800. The molecule has 0 aromatic heterocycles. The van der Waals surface area contributed by atoms with Gasteiger partial charge in [0.15, 0.2) is 0 Å². The molecule has 0 saturated heterocycles. The third kappa shape index (κ3) is 3.72. The maximum absolute atomic E-state index is 5.98. The summed E-state index contributed by atoms with van der Waals surface area (Å²) in [6.07, 6.45) is 12.8. The van der Waals surface area contributed by atoms with E-state index in [9.17, 15) is 0 Å². The third-order valence-electron chi connectivity index (χ3n) is 5.70. The maximum Gasteiger partial charge on any atom is 0.0138 e. The van der Waals surface area contributed by atoms with Crippen LogP contribution in [0.2, 0.25) is 0 Å². The maximum atomic E-state index is 5.98. The Labute approximate surface area is 120 Å². The molecule has 0 radical (unpaired) electrons. The molecule has 2 aliphatic rings. The first-order chi connectivity index (χ1) is 9.30. The first-order valence-corrected chi connectivity index (χ1v) is 8.75. The lowest BCUT2D eigenvalue weighted by molar-refractivity contribution is 0.0768. The van der Waals surface area contributed by atoms with Crippen molar-refractivity contribution >= 4 is 0 Å². The van der Waals surface area contributed by atoms with Gasteiger partial charge in [0.05, 0.1) is 0 Å². The van der Waals surface area contributed by atoms with E-state index < -0.39 is 0 Å². The molecule has 19 heavy (non-hydrogen) atoms. The van der Waals surface area contributed by atoms with E-state index in [1.54, 1.807) is 0 Å². The SMILES string of the molecule is CCCC1CCC(N(CC)C2CCCC2CN)CC1. The molecule has 2 saturated carbocycles. The number of nitrogens with two attached hydrogens (primary N) is 1. The van der Waals surface area contributed by atoms with Crippen LogP contribution in [0.5, 0.6) is 0 Å². The van der Waals surface area contributed by atoms with Crippen molar-refractivity contribution in [1.29, 1.82) is 0 Å². The van der Waals surface area contributed by atoms with Crippen molar-refractivity contribution in [2.45, 2.75) is 83.7 Å². The highest BCUT2D eigenvalue weighted by Gasteiger charge is 2.35. The Balaban J connectivity index is 1.88. The van der Waals surface area contributed by atoms with E-state index in [0.717, 1.165) is 30.5 Å². The van der Waals surface area contributed by atoms with Crippen LogP contribution in [-0.4, -0.2) is 30.1 Å². The fraction of sp³-hybridized carbons (Fsp3) is 1.00. The molecule has 2 atom stereocenters. The zero-order valence-electron chi connectivity index (χ0n) is 13.1. The second-order valence-corrected chi connectivity index (χ2v) is 6.79. The van der Waals surface area contributed by atoms with Crippen molar-refractivity contribution in [3.63, 3.8) is 0 Å². The van der Waals surface area contributed by atoms with Crippen molar-refractivity contribution in [3.05, 3.63) is 0 Å². The summed E-state index contributed by atoms with van der Waals surface area (Å²) in [6, 6.07) is 1.65. The van der Waals surface area contributed by atoms with E-state index in [1.807, 2.05) is 0 Å². The molecule has 112 valence electrons. The normalized spacial score (nSPS) is 36.0. The fourth-order valence-corrected chi connectivity index (χ4v) is 4.67. The van der Waals surface area contributed by atoms with Crippen molar-refractivity contribution < 1.29 is 0 Å². The van der Waals surface area contributed by atoms with Gasteiger partial charge in [-0.3, -0.25) is 4.90 Å². The second-order valence-electron chi connectivity index (χ2n) is 6.79. The largest absolute Gasteiger partial charge is 0.330 e. The van der Waals surface area contributed by atoms with E-state index >= 15 is 0 Å². The molecule has 0 amide bonds. The van der Waals surface area contributed by atoms with Crippen LogP contribution in [0.3, 0.4) is 0 Å². The third-order valence-corrected chi connectivity index (χ3v) is 5.70. The van der Waals surface area contributed by atoms with Gasteiger partial charge in [0.1, 0.15) is 0 Å². The Morgan fingerprint density at radius 3 is 2.32 bits per heavy atom. The van der Waals surface area contributed by atoms with Gasteiger partial charge in [-0.2, -0.15) is 0 Å². The Bertz CT molecular complexity index is 246. The summed E-state index contributed by atoms with van der Waals surface area (Å²) in [6.45, 7) is 6.80. The van der Waals surface area contributed by atoms with E-state index in [0.29, 0.717) is 0 Å². The Morgan fingerprint density at radius 1 is 1.00 bits per heavy atom. The summed E-state index contributed by atoms with van der Waals surface area (Å²) in [4.78, 5) is 2.83. The Kier molecular flexibility index (Phi) is 6.15. The minimum atomic E-state index is 0.772. The molecule has 2 nitrogen and oxygen atoms in total. The van der Waals surface area contributed by atoms with Crippen LogP contribution >= 0.6 is 0 Å². The van der Waals surface area contributed by atoms with Crippen LogP contribution in [0.1, 0.15) is 71.6 Å². The highest BCUT2D eigenvalue weighted by molar-refractivity contribution is 4.90. The average Bonchev–Trinajstić information content (AvgIpc) is 2.90. The smallest absolute Gasteiger partial charge is 0.0138 e. The molecular weight excluding hydrogens is 232 g/mol. The summed E-state index contributed by atoms with van der Waals surface area (Å²) in [5, 5.41) is 0. The molecule has 0 heterocycles. The van der Waals surface area contributed by atoms with Crippen LogP contribution in [-0.2, 0) is 0 Å². The number of nitrogens with zero attached hydrogens (tertiary/aromatic N) is 1. The molecule has 2 N–H and O–H groups in total. The molecular formula is C17H34N2. The average molecular weight is 266 g/mol. The van der Waals surface area contributed by atoms with Gasteiger partial charge in [0.25, 0.3) is 0 Å². The first-order valence-electron chi connectivity index (χ1n) is 8.75. The zero-order chi connectivity index (χ0) is 13.7. The minimum absolute atomic E-state index is 0.772. The molecule has 2 heteroatoms. The highest BCUT2D eigenvalue weighted by Crippen LogP contribution is 2.36. The van der Waals surface area contributed by atoms with Gasteiger partial charge in [0, 0.05) is 12.1 Å². The molecule has 0 aromatic carbocycles. The molecule has 0 aliphatic heterocycles. The van der Waals surface area contributed by atoms with E-state index in [4.69, 9.17) is 5.73 Å². The van der Waals surface area contributed by atoms with Crippen LogP contribution < -0.4 is 5.73 Å². The molecule has 2 fully saturated rings. The summed E-state index contributed by atoms with van der Waals surface area (Å²) in [7, 11) is 0. The molecule has 0 spiro atoms. The highest BCUT2D eigenvalue weighted by atomic mass is 15.2. The van der Waals surface area contributed by atoms with Crippen LogP contribution in [0.25, 0.3) is 0 Å². The molecule has 0 bridgehead atoms. The van der Waals surface area contributed by atoms with E-state index in [-0.39, 0.29) is 0 Å². The van der Waals surface area contributed by atoms with Gasteiger partial charge >= 0.3 is 0 Å². The predicted octanol–water partition coefficient (Wildman–Crippen LogP) is 3.79. The van der Waals surface area contributed by atoms with Gasteiger partial charge in [-0.05, 0) is 63.5 Å². The van der Waals surface area contributed by atoms with Crippen LogP contribution in [0.15, 0.2) is 0 Å². The van der Waals surface area contributed by atoms with E-state index in [1.165, 1.54) is 64.3 Å².